The summed E-state index contributed by atoms with van der Waals surface area (Å²) in [6, 6.07) is 9.31. The first kappa shape index (κ1) is 31.3. The van der Waals surface area contributed by atoms with Crippen LogP contribution in [0.5, 0.6) is 0 Å². The molecule has 0 radical (unpaired) electrons. The number of hydrogen-bond donors (Lipinski definition) is 3. The largest absolute Gasteiger partial charge is 0.359 e. The van der Waals surface area contributed by atoms with Gasteiger partial charge >= 0.3 is 0 Å². The molecule has 0 aliphatic carbocycles. The Hall–Kier alpha value is -3.18. The van der Waals surface area contributed by atoms with Crippen LogP contribution in [0.2, 0.25) is 10.0 Å². The Bertz CT molecular complexity index is 1690. The van der Waals surface area contributed by atoms with E-state index in [9.17, 15) is 22.4 Å². The van der Waals surface area contributed by atoms with Gasteiger partial charge in [-0.25, -0.2) is 12.8 Å². The molecule has 43 heavy (non-hydrogen) atoms. The standard InChI is InChI=1S/C31H33Cl2FN4O4S/c1-18-22(16-30(39)35-10-13-38-11-8-20(34)9-12-38)19(2)36-29(18)15-24-23-14-21(6-7-28(23)37-31(24)40)43(41,42)17-25-26(32)4-3-5-27(25)33/h3-7,14-15,20,36H,8-13,16-17H2,1-2H3,(H,35,39)(H,37,40)/b24-15-. The van der Waals surface area contributed by atoms with Crippen molar-refractivity contribution in [2.45, 2.75) is 49.9 Å². The molecule has 12 heteroatoms. The third-order valence-electron chi connectivity index (χ3n) is 8.05. The highest BCUT2D eigenvalue weighted by Gasteiger charge is 2.28. The van der Waals surface area contributed by atoms with E-state index in [0.717, 1.165) is 16.8 Å². The van der Waals surface area contributed by atoms with Crippen molar-refractivity contribution in [3.05, 3.63) is 80.1 Å². The summed E-state index contributed by atoms with van der Waals surface area (Å²) in [7, 11) is -3.84. The van der Waals surface area contributed by atoms with Crippen LogP contribution in [0.25, 0.3) is 11.6 Å². The number of carbonyl (C=O) groups excluding carboxylic acids is 2. The minimum Gasteiger partial charge on any atom is -0.359 e. The Morgan fingerprint density at radius 2 is 1.81 bits per heavy atom. The number of amides is 2. The molecule has 3 N–H and O–H groups in total. The minimum absolute atomic E-state index is 0.0375. The van der Waals surface area contributed by atoms with Crippen molar-refractivity contribution in [1.29, 1.82) is 0 Å². The van der Waals surface area contributed by atoms with Gasteiger partial charge in [0.2, 0.25) is 5.91 Å². The van der Waals surface area contributed by atoms with E-state index in [2.05, 4.69) is 20.5 Å². The maximum absolute atomic E-state index is 13.4. The average Bonchev–Trinajstić information content (AvgIpc) is 3.41. The van der Waals surface area contributed by atoms with Gasteiger partial charge in [-0.05, 0) is 74.2 Å². The fourth-order valence-corrected chi connectivity index (χ4v) is 7.64. The molecular formula is C31H33Cl2FN4O4S. The zero-order valence-corrected chi connectivity index (χ0v) is 26.2. The van der Waals surface area contributed by atoms with Crippen molar-refractivity contribution >= 4 is 62.2 Å². The first-order valence-electron chi connectivity index (χ1n) is 14.1. The number of aromatic amines is 1. The monoisotopic (exact) mass is 646 g/mol. The minimum atomic E-state index is -3.84. The SMILES string of the molecule is Cc1[nH]c(/C=C2\C(=O)Nc3ccc(S(=O)(=O)Cc4c(Cl)cccc4Cl)cc32)c(C)c1CC(=O)NCCN1CCC(F)CC1. The van der Waals surface area contributed by atoms with Crippen LogP contribution in [0.15, 0.2) is 41.3 Å². The second-order valence-corrected chi connectivity index (χ2v) is 13.8. The molecule has 0 saturated carbocycles. The van der Waals surface area contributed by atoms with Crippen molar-refractivity contribution in [1.82, 2.24) is 15.2 Å². The number of nitrogens with one attached hydrogen (secondary N) is 3. The number of anilines is 1. The van der Waals surface area contributed by atoms with Gasteiger partial charge < -0.3 is 20.5 Å². The normalized spacial score (nSPS) is 16.9. The number of halogens is 3. The van der Waals surface area contributed by atoms with Crippen LogP contribution in [-0.2, 0) is 31.6 Å². The predicted octanol–water partition coefficient (Wildman–Crippen LogP) is 5.50. The quantitative estimate of drug-likeness (QED) is 0.266. The Morgan fingerprint density at radius 3 is 2.51 bits per heavy atom. The Kier molecular flexibility index (Phi) is 9.31. The van der Waals surface area contributed by atoms with Crippen LogP contribution < -0.4 is 10.6 Å². The molecule has 1 fully saturated rings. The Labute approximate surface area is 260 Å². The van der Waals surface area contributed by atoms with Crippen LogP contribution in [0.4, 0.5) is 10.1 Å². The fourth-order valence-electron chi connectivity index (χ4n) is 5.52. The molecule has 2 aliphatic heterocycles. The van der Waals surface area contributed by atoms with Crippen molar-refractivity contribution in [2.24, 2.45) is 0 Å². The van der Waals surface area contributed by atoms with E-state index in [0.29, 0.717) is 67.1 Å². The fraction of sp³-hybridized carbons (Fsp3) is 0.355. The number of H-pyrrole nitrogens is 1. The third kappa shape index (κ3) is 6.98. The van der Waals surface area contributed by atoms with Gasteiger partial charge in [0.25, 0.3) is 5.91 Å². The van der Waals surface area contributed by atoms with E-state index in [1.165, 1.54) is 12.1 Å². The highest BCUT2D eigenvalue weighted by Crippen LogP contribution is 2.37. The summed E-state index contributed by atoms with van der Waals surface area (Å²) < 4.78 is 40.0. The van der Waals surface area contributed by atoms with E-state index in [1.54, 1.807) is 30.3 Å². The summed E-state index contributed by atoms with van der Waals surface area (Å²) in [6.45, 7) is 6.31. The number of nitrogens with zero attached hydrogens (tertiary/aromatic N) is 1. The number of rotatable bonds is 9. The number of benzene rings is 2. The molecule has 0 bridgehead atoms. The summed E-state index contributed by atoms with van der Waals surface area (Å²) in [5.74, 6) is -0.870. The Morgan fingerprint density at radius 1 is 1.12 bits per heavy atom. The first-order chi connectivity index (χ1) is 20.4. The highest BCUT2D eigenvalue weighted by molar-refractivity contribution is 7.90. The maximum Gasteiger partial charge on any atom is 0.256 e. The number of sulfone groups is 1. The summed E-state index contributed by atoms with van der Waals surface area (Å²) in [5, 5.41) is 6.26. The number of aryl methyl sites for hydroxylation is 1. The molecule has 3 aromatic rings. The number of carbonyl (C=O) groups is 2. The summed E-state index contributed by atoms with van der Waals surface area (Å²) in [6.07, 6.45) is 2.18. The van der Waals surface area contributed by atoms with Gasteiger partial charge in [-0.1, -0.05) is 29.3 Å². The predicted molar refractivity (Wildman–Crippen MR) is 168 cm³/mol. The van der Waals surface area contributed by atoms with Gasteiger partial charge in [-0.2, -0.15) is 0 Å². The molecule has 3 heterocycles. The van der Waals surface area contributed by atoms with E-state index in [4.69, 9.17) is 23.2 Å². The molecule has 1 aromatic heterocycles. The summed E-state index contributed by atoms with van der Waals surface area (Å²) in [5.41, 5.74) is 4.69. The lowest BCUT2D eigenvalue weighted by atomic mass is 10.0. The number of piperidine rings is 1. The van der Waals surface area contributed by atoms with Crippen LogP contribution in [0.1, 0.15) is 46.5 Å². The van der Waals surface area contributed by atoms with Crippen molar-refractivity contribution in [3.8, 4) is 0 Å². The van der Waals surface area contributed by atoms with Gasteiger partial charge in [0.1, 0.15) is 6.17 Å². The molecule has 0 unspecified atom stereocenters. The van der Waals surface area contributed by atoms with E-state index in [1.807, 2.05) is 13.8 Å². The highest BCUT2D eigenvalue weighted by atomic mass is 35.5. The van der Waals surface area contributed by atoms with Gasteiger partial charge in [-0.3, -0.25) is 9.59 Å². The van der Waals surface area contributed by atoms with Crippen LogP contribution in [-0.4, -0.2) is 62.5 Å². The topological polar surface area (TPSA) is 111 Å². The molecular weight excluding hydrogens is 614 g/mol. The lowest BCUT2D eigenvalue weighted by Crippen LogP contribution is -2.40. The number of likely N-dealkylation sites (tertiary alicyclic amines) is 1. The van der Waals surface area contributed by atoms with E-state index in [-0.39, 0.29) is 38.9 Å². The molecule has 2 aromatic carbocycles. The van der Waals surface area contributed by atoms with Gasteiger partial charge in [0.15, 0.2) is 9.84 Å². The molecule has 2 amide bonds. The lowest BCUT2D eigenvalue weighted by molar-refractivity contribution is -0.120. The second kappa shape index (κ2) is 12.8. The average molecular weight is 648 g/mol. The first-order valence-corrected chi connectivity index (χ1v) is 16.5. The zero-order chi connectivity index (χ0) is 30.9. The second-order valence-electron chi connectivity index (χ2n) is 11.0. The van der Waals surface area contributed by atoms with Crippen LogP contribution in [0, 0.1) is 13.8 Å². The Balaban J connectivity index is 1.32. The molecule has 1 saturated heterocycles. The lowest BCUT2D eigenvalue weighted by Gasteiger charge is -2.28. The molecule has 0 atom stereocenters. The number of aromatic nitrogens is 1. The molecule has 228 valence electrons. The van der Waals surface area contributed by atoms with Crippen LogP contribution in [0.3, 0.4) is 0 Å². The smallest absolute Gasteiger partial charge is 0.256 e. The number of fused-ring (bicyclic) bond motifs is 1. The van der Waals surface area contributed by atoms with Gasteiger partial charge in [0.05, 0.1) is 22.6 Å². The maximum atomic E-state index is 13.4. The molecule has 0 spiro atoms. The number of hydrogen-bond acceptors (Lipinski definition) is 5. The summed E-state index contributed by atoms with van der Waals surface area (Å²) >= 11 is 12.4. The van der Waals surface area contributed by atoms with Crippen LogP contribution >= 0.6 is 23.2 Å². The molecule has 5 rings (SSSR count). The van der Waals surface area contributed by atoms with Gasteiger partial charge in [0, 0.05) is 64.4 Å². The van der Waals surface area contributed by atoms with Crippen molar-refractivity contribution in [2.75, 3.05) is 31.5 Å². The number of alkyl halides is 1. The van der Waals surface area contributed by atoms with Gasteiger partial charge in [-0.15, -0.1) is 0 Å². The summed E-state index contributed by atoms with van der Waals surface area (Å²) in [4.78, 5) is 31.1. The molecule has 8 nitrogen and oxygen atoms in total. The van der Waals surface area contributed by atoms with E-state index >= 15 is 0 Å². The molecule has 2 aliphatic rings. The van der Waals surface area contributed by atoms with Crippen molar-refractivity contribution in [3.63, 3.8) is 0 Å². The third-order valence-corrected chi connectivity index (χ3v) is 10.4. The van der Waals surface area contributed by atoms with Crippen molar-refractivity contribution < 1.29 is 22.4 Å². The van der Waals surface area contributed by atoms with E-state index < -0.39 is 16.0 Å². The zero-order valence-electron chi connectivity index (χ0n) is 23.9.